The Labute approximate surface area is 157 Å². The second-order valence-electron chi connectivity index (χ2n) is 6.22. The molecule has 134 valence electrons. The summed E-state index contributed by atoms with van der Waals surface area (Å²) in [7, 11) is 2.99. The number of phenols is 1. The van der Waals surface area contributed by atoms with Crippen molar-refractivity contribution in [3.05, 3.63) is 88.5 Å². The summed E-state index contributed by atoms with van der Waals surface area (Å²) in [5, 5.41) is 10.4. The highest BCUT2D eigenvalue weighted by atomic mass is 16.5. The molecule has 0 fully saturated rings. The third-order valence-electron chi connectivity index (χ3n) is 4.77. The zero-order chi connectivity index (χ0) is 19.0. The predicted octanol–water partition coefficient (Wildman–Crippen LogP) is 4.54. The van der Waals surface area contributed by atoms with Gasteiger partial charge in [0.2, 0.25) is 5.75 Å². The summed E-state index contributed by atoms with van der Waals surface area (Å²) >= 11 is 0. The molecule has 1 aliphatic carbocycles. The molecule has 0 unspecified atom stereocenters. The Kier molecular flexibility index (Phi) is 4.16. The minimum atomic E-state index is -0.0530. The highest BCUT2D eigenvalue weighted by Crippen LogP contribution is 2.42. The molecule has 0 aliphatic heterocycles. The molecular formula is C23H18O4. The van der Waals surface area contributed by atoms with Crippen molar-refractivity contribution >= 4 is 17.4 Å². The van der Waals surface area contributed by atoms with Gasteiger partial charge in [-0.05, 0) is 34.9 Å². The van der Waals surface area contributed by atoms with Gasteiger partial charge >= 0.3 is 0 Å². The van der Waals surface area contributed by atoms with Gasteiger partial charge in [0.25, 0.3) is 0 Å². The molecule has 0 amide bonds. The van der Waals surface area contributed by atoms with E-state index in [2.05, 4.69) is 0 Å². The summed E-state index contributed by atoms with van der Waals surface area (Å²) in [5.74, 6) is 0.632. The van der Waals surface area contributed by atoms with Crippen LogP contribution in [0.25, 0.3) is 11.6 Å². The first-order valence-electron chi connectivity index (χ1n) is 8.55. The molecule has 3 aromatic rings. The number of methoxy groups -OCH3 is 2. The van der Waals surface area contributed by atoms with Crippen molar-refractivity contribution in [1.82, 2.24) is 0 Å². The predicted molar refractivity (Wildman–Crippen MR) is 105 cm³/mol. The maximum absolute atomic E-state index is 12.9. The minimum absolute atomic E-state index is 0.0166. The van der Waals surface area contributed by atoms with Crippen LogP contribution in [-0.4, -0.2) is 25.1 Å². The van der Waals surface area contributed by atoms with Gasteiger partial charge in [0, 0.05) is 16.7 Å². The molecular weight excluding hydrogens is 340 g/mol. The molecule has 1 N–H and O–H groups in total. The average molecular weight is 358 g/mol. The first kappa shape index (κ1) is 16.9. The third-order valence-corrected chi connectivity index (χ3v) is 4.77. The number of carbonyl (C=O) groups is 1. The fourth-order valence-electron chi connectivity index (χ4n) is 3.49. The number of hydrogen-bond acceptors (Lipinski definition) is 4. The summed E-state index contributed by atoms with van der Waals surface area (Å²) in [6.07, 6.45) is 1.93. The Morgan fingerprint density at radius 2 is 1.33 bits per heavy atom. The number of benzene rings is 3. The zero-order valence-electron chi connectivity index (χ0n) is 15.0. The van der Waals surface area contributed by atoms with Gasteiger partial charge in [-0.15, -0.1) is 0 Å². The second-order valence-corrected chi connectivity index (χ2v) is 6.22. The largest absolute Gasteiger partial charge is 0.502 e. The van der Waals surface area contributed by atoms with Crippen LogP contribution >= 0.6 is 0 Å². The second kappa shape index (κ2) is 6.65. The van der Waals surface area contributed by atoms with E-state index in [1.54, 1.807) is 6.07 Å². The van der Waals surface area contributed by atoms with Crippen molar-refractivity contribution in [3.63, 3.8) is 0 Å². The van der Waals surface area contributed by atoms with Gasteiger partial charge < -0.3 is 14.6 Å². The van der Waals surface area contributed by atoms with E-state index in [-0.39, 0.29) is 11.5 Å². The standard InChI is InChI=1S/C23H18O4/c1-26-20-12-11-14(23(27-2)22(20)25)13-19-15-7-3-5-9-17(15)21(24)18-10-6-4-8-16(18)19/h3-13,25H,1-2H3. The smallest absolute Gasteiger partial charge is 0.201 e. The number of ketones is 1. The van der Waals surface area contributed by atoms with Gasteiger partial charge in [0.05, 0.1) is 14.2 Å². The van der Waals surface area contributed by atoms with Crippen LogP contribution in [-0.2, 0) is 0 Å². The summed E-state index contributed by atoms with van der Waals surface area (Å²) in [5.41, 5.74) is 4.66. The lowest BCUT2D eigenvalue weighted by atomic mass is 9.80. The highest BCUT2D eigenvalue weighted by molar-refractivity contribution is 6.20. The topological polar surface area (TPSA) is 55.8 Å². The lowest BCUT2D eigenvalue weighted by Gasteiger charge is -2.22. The van der Waals surface area contributed by atoms with E-state index in [9.17, 15) is 9.90 Å². The van der Waals surface area contributed by atoms with Crippen molar-refractivity contribution in [3.8, 4) is 17.2 Å². The van der Waals surface area contributed by atoms with Gasteiger partial charge in [-0.25, -0.2) is 0 Å². The first-order chi connectivity index (χ1) is 13.2. The monoisotopic (exact) mass is 358 g/mol. The molecule has 4 nitrogen and oxygen atoms in total. The Morgan fingerprint density at radius 3 is 1.85 bits per heavy atom. The van der Waals surface area contributed by atoms with E-state index in [0.717, 1.165) is 16.7 Å². The van der Waals surface area contributed by atoms with E-state index >= 15 is 0 Å². The molecule has 0 bridgehead atoms. The summed E-state index contributed by atoms with van der Waals surface area (Å²) in [6.45, 7) is 0. The Balaban J connectivity index is 1.99. The van der Waals surface area contributed by atoms with Crippen LogP contribution in [0.1, 0.15) is 32.6 Å². The molecule has 0 saturated heterocycles. The fraction of sp³-hybridized carbons (Fsp3) is 0.0870. The van der Waals surface area contributed by atoms with E-state index in [0.29, 0.717) is 28.2 Å². The highest BCUT2D eigenvalue weighted by Gasteiger charge is 2.26. The molecule has 0 heterocycles. The van der Waals surface area contributed by atoms with Crippen LogP contribution in [0, 0.1) is 0 Å². The maximum atomic E-state index is 12.9. The van der Waals surface area contributed by atoms with E-state index < -0.39 is 0 Å². The Morgan fingerprint density at radius 1 is 0.778 bits per heavy atom. The van der Waals surface area contributed by atoms with Crippen molar-refractivity contribution in [2.75, 3.05) is 14.2 Å². The van der Waals surface area contributed by atoms with Gasteiger partial charge in [-0.2, -0.15) is 0 Å². The van der Waals surface area contributed by atoms with Crippen LogP contribution in [0.2, 0.25) is 0 Å². The number of carbonyl (C=O) groups excluding carboxylic acids is 1. The van der Waals surface area contributed by atoms with Crippen molar-refractivity contribution in [1.29, 1.82) is 0 Å². The lowest BCUT2D eigenvalue weighted by Crippen LogP contribution is -2.14. The van der Waals surface area contributed by atoms with Crippen LogP contribution in [0.5, 0.6) is 17.2 Å². The van der Waals surface area contributed by atoms with Crippen LogP contribution in [0.3, 0.4) is 0 Å². The molecule has 4 heteroatoms. The molecule has 1 aliphatic rings. The number of phenolic OH excluding ortho intramolecular Hbond substituents is 1. The van der Waals surface area contributed by atoms with Crippen LogP contribution < -0.4 is 9.47 Å². The van der Waals surface area contributed by atoms with Crippen LogP contribution in [0.15, 0.2) is 60.7 Å². The summed E-state index contributed by atoms with van der Waals surface area (Å²) in [4.78, 5) is 12.9. The van der Waals surface area contributed by atoms with Crippen molar-refractivity contribution in [2.24, 2.45) is 0 Å². The van der Waals surface area contributed by atoms with E-state index in [1.165, 1.54) is 14.2 Å². The number of rotatable bonds is 3. The SMILES string of the molecule is COc1ccc(C=C2c3ccccc3C(=O)c3ccccc32)c(OC)c1O. The molecule has 0 atom stereocenters. The summed E-state index contributed by atoms with van der Waals surface area (Å²) < 4.78 is 10.6. The number of ether oxygens (including phenoxy) is 2. The molecule has 27 heavy (non-hydrogen) atoms. The lowest BCUT2D eigenvalue weighted by molar-refractivity contribution is 0.103. The third kappa shape index (κ3) is 2.66. The normalized spacial score (nSPS) is 12.2. The molecule has 0 radical (unpaired) electrons. The van der Waals surface area contributed by atoms with Crippen molar-refractivity contribution < 1.29 is 19.4 Å². The van der Waals surface area contributed by atoms with Crippen LogP contribution in [0.4, 0.5) is 0 Å². The minimum Gasteiger partial charge on any atom is -0.502 e. The van der Waals surface area contributed by atoms with Gasteiger partial charge in [-0.1, -0.05) is 48.5 Å². The van der Waals surface area contributed by atoms with E-state index in [4.69, 9.17) is 9.47 Å². The Hall–Kier alpha value is -3.53. The Bertz CT molecular complexity index is 1030. The molecule has 3 aromatic carbocycles. The van der Waals surface area contributed by atoms with Gasteiger partial charge in [-0.3, -0.25) is 4.79 Å². The molecule has 0 saturated carbocycles. The zero-order valence-corrected chi connectivity index (χ0v) is 15.0. The summed E-state index contributed by atoms with van der Waals surface area (Å²) in [6, 6.07) is 18.6. The molecule has 4 rings (SSSR count). The molecule has 0 aromatic heterocycles. The number of hydrogen-bond donors (Lipinski definition) is 1. The fourth-order valence-corrected chi connectivity index (χ4v) is 3.49. The molecule has 0 spiro atoms. The maximum Gasteiger partial charge on any atom is 0.201 e. The van der Waals surface area contributed by atoms with Crippen molar-refractivity contribution in [2.45, 2.75) is 0 Å². The average Bonchev–Trinajstić information content (AvgIpc) is 2.71. The van der Waals surface area contributed by atoms with E-state index in [1.807, 2.05) is 60.7 Å². The first-order valence-corrected chi connectivity index (χ1v) is 8.55. The number of aromatic hydroxyl groups is 1. The van der Waals surface area contributed by atoms with Gasteiger partial charge in [0.15, 0.2) is 17.3 Å². The number of fused-ring (bicyclic) bond motifs is 2. The quantitative estimate of drug-likeness (QED) is 0.584. The van der Waals surface area contributed by atoms with Gasteiger partial charge in [0.1, 0.15) is 0 Å².